The highest BCUT2D eigenvalue weighted by Crippen LogP contribution is 2.27. The van der Waals surface area contributed by atoms with Crippen molar-refractivity contribution in [1.82, 2.24) is 19.9 Å². The summed E-state index contributed by atoms with van der Waals surface area (Å²) in [6.07, 6.45) is -2.59. The molecule has 5 nitrogen and oxygen atoms in total. The van der Waals surface area contributed by atoms with Crippen LogP contribution in [-0.4, -0.2) is 26.3 Å². The SMILES string of the molecule is FC(F)(F)Oc1cccc(CSc2nc3ncnc(Cc4ccccc4)c3[nH]2)c1. The van der Waals surface area contributed by atoms with Gasteiger partial charge in [0, 0.05) is 12.2 Å². The third kappa shape index (κ3) is 5.05. The van der Waals surface area contributed by atoms with Crippen LogP contribution in [0, 0.1) is 0 Å². The van der Waals surface area contributed by atoms with Gasteiger partial charge in [-0.05, 0) is 23.3 Å². The molecule has 0 radical (unpaired) electrons. The second-order valence-corrected chi connectivity index (χ2v) is 7.17. The van der Waals surface area contributed by atoms with Crippen LogP contribution in [-0.2, 0) is 12.2 Å². The first-order valence-corrected chi connectivity index (χ1v) is 9.66. The van der Waals surface area contributed by atoms with Crippen molar-refractivity contribution in [2.45, 2.75) is 23.7 Å². The van der Waals surface area contributed by atoms with E-state index in [-0.39, 0.29) is 5.75 Å². The zero-order valence-corrected chi connectivity index (χ0v) is 15.8. The van der Waals surface area contributed by atoms with Crippen molar-refractivity contribution in [3.63, 3.8) is 0 Å². The van der Waals surface area contributed by atoms with Crippen LogP contribution in [0.1, 0.15) is 16.8 Å². The molecule has 0 bridgehead atoms. The normalized spacial score (nSPS) is 11.7. The quantitative estimate of drug-likeness (QED) is 0.441. The van der Waals surface area contributed by atoms with E-state index in [0.29, 0.717) is 28.5 Å². The van der Waals surface area contributed by atoms with E-state index in [0.717, 1.165) is 16.8 Å². The van der Waals surface area contributed by atoms with Gasteiger partial charge >= 0.3 is 6.36 Å². The lowest BCUT2D eigenvalue weighted by Crippen LogP contribution is -2.17. The van der Waals surface area contributed by atoms with Crippen LogP contribution in [0.4, 0.5) is 13.2 Å². The lowest BCUT2D eigenvalue weighted by Gasteiger charge is -2.09. The van der Waals surface area contributed by atoms with Crippen LogP contribution >= 0.6 is 11.8 Å². The number of aromatic amines is 1. The van der Waals surface area contributed by atoms with Gasteiger partial charge < -0.3 is 9.72 Å². The lowest BCUT2D eigenvalue weighted by molar-refractivity contribution is -0.274. The molecule has 0 spiro atoms. The molecule has 2 heterocycles. The van der Waals surface area contributed by atoms with Gasteiger partial charge in [-0.15, -0.1) is 13.2 Å². The molecule has 29 heavy (non-hydrogen) atoms. The van der Waals surface area contributed by atoms with E-state index in [1.54, 1.807) is 6.07 Å². The van der Waals surface area contributed by atoms with Gasteiger partial charge in [0.15, 0.2) is 10.8 Å². The van der Waals surface area contributed by atoms with Crippen LogP contribution in [0.25, 0.3) is 11.2 Å². The number of H-pyrrole nitrogens is 1. The fourth-order valence-corrected chi connectivity index (χ4v) is 3.64. The Labute approximate surface area is 168 Å². The van der Waals surface area contributed by atoms with Crippen molar-refractivity contribution in [1.29, 1.82) is 0 Å². The monoisotopic (exact) mass is 416 g/mol. The number of nitrogens with zero attached hydrogens (tertiary/aromatic N) is 3. The first kappa shape index (κ1) is 19.3. The Balaban J connectivity index is 1.49. The molecule has 0 unspecified atom stereocenters. The Bertz CT molecular complexity index is 1120. The molecule has 0 aliphatic heterocycles. The topological polar surface area (TPSA) is 63.7 Å². The number of hydrogen-bond donors (Lipinski definition) is 1. The fraction of sp³-hybridized carbons (Fsp3) is 0.150. The average molecular weight is 416 g/mol. The molecule has 0 saturated carbocycles. The highest BCUT2D eigenvalue weighted by atomic mass is 32.2. The first-order valence-electron chi connectivity index (χ1n) is 8.67. The van der Waals surface area contributed by atoms with E-state index in [9.17, 15) is 13.2 Å². The zero-order chi connectivity index (χ0) is 20.3. The Morgan fingerprint density at radius 2 is 1.76 bits per heavy atom. The second kappa shape index (κ2) is 8.12. The Morgan fingerprint density at radius 1 is 0.966 bits per heavy atom. The summed E-state index contributed by atoms with van der Waals surface area (Å²) in [5, 5.41) is 0.622. The lowest BCUT2D eigenvalue weighted by atomic mass is 10.1. The molecule has 0 saturated heterocycles. The maximum atomic E-state index is 12.4. The standard InChI is InChI=1S/C20H15F3N4OS/c21-20(22,23)28-15-8-4-7-14(9-15)11-29-19-26-17-16(24-12-25-18(17)27-19)10-13-5-2-1-3-6-13/h1-9,12H,10-11H2,(H,24,25,26,27). The van der Waals surface area contributed by atoms with Crippen LogP contribution in [0.5, 0.6) is 5.75 Å². The highest BCUT2D eigenvalue weighted by molar-refractivity contribution is 7.98. The van der Waals surface area contributed by atoms with E-state index in [4.69, 9.17) is 0 Å². The Morgan fingerprint density at radius 3 is 2.55 bits per heavy atom. The van der Waals surface area contributed by atoms with Gasteiger partial charge in [-0.1, -0.05) is 54.2 Å². The van der Waals surface area contributed by atoms with Gasteiger partial charge in [0.1, 0.15) is 17.6 Å². The molecular formula is C20H15F3N4OS. The third-order valence-corrected chi connectivity index (χ3v) is 5.01. The summed E-state index contributed by atoms with van der Waals surface area (Å²) >= 11 is 1.37. The van der Waals surface area contributed by atoms with Crippen molar-refractivity contribution in [2.75, 3.05) is 0 Å². The number of alkyl halides is 3. The van der Waals surface area contributed by atoms with Gasteiger partial charge in [0.2, 0.25) is 0 Å². The van der Waals surface area contributed by atoms with Crippen molar-refractivity contribution in [3.8, 4) is 5.75 Å². The van der Waals surface area contributed by atoms with E-state index in [1.165, 1.54) is 36.3 Å². The minimum atomic E-state index is -4.71. The predicted molar refractivity (Wildman–Crippen MR) is 104 cm³/mol. The first-order chi connectivity index (χ1) is 14.0. The second-order valence-electron chi connectivity index (χ2n) is 6.21. The molecule has 1 N–H and O–H groups in total. The molecule has 4 rings (SSSR count). The Hall–Kier alpha value is -3.07. The van der Waals surface area contributed by atoms with Crippen LogP contribution in [0.15, 0.2) is 66.1 Å². The van der Waals surface area contributed by atoms with Crippen molar-refractivity contribution < 1.29 is 17.9 Å². The fourth-order valence-electron chi connectivity index (χ4n) is 2.83. The molecule has 9 heteroatoms. The molecule has 2 aromatic carbocycles. The number of nitrogens with one attached hydrogen (secondary N) is 1. The van der Waals surface area contributed by atoms with Gasteiger partial charge in [0.05, 0.1) is 5.69 Å². The number of hydrogen-bond acceptors (Lipinski definition) is 5. The van der Waals surface area contributed by atoms with E-state index in [2.05, 4.69) is 24.7 Å². The number of thioether (sulfide) groups is 1. The highest BCUT2D eigenvalue weighted by Gasteiger charge is 2.31. The largest absolute Gasteiger partial charge is 0.573 e. The summed E-state index contributed by atoms with van der Waals surface area (Å²) < 4.78 is 41.1. The molecule has 0 fully saturated rings. The number of benzene rings is 2. The van der Waals surface area contributed by atoms with Crippen LogP contribution in [0.2, 0.25) is 0 Å². The molecule has 2 aromatic heterocycles. The summed E-state index contributed by atoms with van der Waals surface area (Å²) in [7, 11) is 0. The van der Waals surface area contributed by atoms with Crippen LogP contribution < -0.4 is 4.74 Å². The van der Waals surface area contributed by atoms with E-state index in [1.807, 2.05) is 30.3 Å². The molecule has 0 atom stereocenters. The molecule has 4 aromatic rings. The van der Waals surface area contributed by atoms with Gasteiger partial charge in [-0.25, -0.2) is 15.0 Å². The third-order valence-electron chi connectivity index (χ3n) is 4.07. The number of fused-ring (bicyclic) bond motifs is 1. The smallest absolute Gasteiger partial charge is 0.406 e. The van der Waals surface area contributed by atoms with Crippen LogP contribution in [0.3, 0.4) is 0 Å². The van der Waals surface area contributed by atoms with Crippen molar-refractivity contribution in [3.05, 3.63) is 77.7 Å². The summed E-state index contributed by atoms with van der Waals surface area (Å²) in [6, 6.07) is 15.8. The molecule has 0 aliphatic rings. The summed E-state index contributed by atoms with van der Waals surface area (Å²) in [5.41, 5.74) is 3.96. The maximum absolute atomic E-state index is 12.4. The summed E-state index contributed by atoms with van der Waals surface area (Å²) in [4.78, 5) is 16.2. The average Bonchev–Trinajstić information content (AvgIpc) is 3.10. The Kier molecular flexibility index (Phi) is 5.39. The number of rotatable bonds is 6. The molecule has 148 valence electrons. The van der Waals surface area contributed by atoms with Crippen molar-refractivity contribution in [2.24, 2.45) is 0 Å². The number of aromatic nitrogens is 4. The van der Waals surface area contributed by atoms with Gasteiger partial charge in [-0.3, -0.25) is 0 Å². The van der Waals surface area contributed by atoms with E-state index >= 15 is 0 Å². The van der Waals surface area contributed by atoms with Gasteiger partial charge in [0.25, 0.3) is 0 Å². The maximum Gasteiger partial charge on any atom is 0.573 e. The summed E-state index contributed by atoms with van der Waals surface area (Å²) in [6.45, 7) is 0. The minimum Gasteiger partial charge on any atom is -0.406 e. The molecule has 0 amide bonds. The molecule has 0 aliphatic carbocycles. The number of ether oxygens (including phenoxy) is 1. The zero-order valence-electron chi connectivity index (χ0n) is 15.0. The van der Waals surface area contributed by atoms with E-state index < -0.39 is 6.36 Å². The minimum absolute atomic E-state index is 0.240. The van der Waals surface area contributed by atoms with Crippen molar-refractivity contribution >= 4 is 22.9 Å². The number of halogens is 3. The number of imidazole rings is 1. The summed E-state index contributed by atoms with van der Waals surface area (Å²) in [5.74, 6) is 0.187. The predicted octanol–water partition coefficient (Wildman–Crippen LogP) is 5.13. The van der Waals surface area contributed by atoms with Gasteiger partial charge in [-0.2, -0.15) is 0 Å². The molecular weight excluding hydrogens is 401 g/mol.